The van der Waals surface area contributed by atoms with Crippen LogP contribution in [0.25, 0.3) is 0 Å². The van der Waals surface area contributed by atoms with Crippen LogP contribution < -0.4 is 11.1 Å². The Hall–Kier alpha value is -2.44. The van der Waals surface area contributed by atoms with Crippen molar-refractivity contribution >= 4 is 29.2 Å². The Balaban J connectivity index is 1.57. The average molecular weight is 387 g/mol. The first kappa shape index (κ1) is 19.3. The van der Waals surface area contributed by atoms with Crippen molar-refractivity contribution in [3.63, 3.8) is 0 Å². The Kier molecular flexibility index (Phi) is 6.42. The number of likely N-dealkylation sites (tertiary alicyclic amines) is 1. The summed E-state index contributed by atoms with van der Waals surface area (Å²) in [6.45, 7) is 1.01. The molecule has 2 unspecified atom stereocenters. The summed E-state index contributed by atoms with van der Waals surface area (Å²) in [4.78, 5) is 31.0. The van der Waals surface area contributed by atoms with Crippen molar-refractivity contribution in [3.05, 3.63) is 59.2 Å². The van der Waals surface area contributed by atoms with Crippen LogP contribution in [0.4, 0.5) is 5.82 Å². The van der Waals surface area contributed by atoms with Crippen molar-refractivity contribution in [1.82, 2.24) is 9.88 Å². The van der Waals surface area contributed by atoms with Gasteiger partial charge in [-0.05, 0) is 37.0 Å². The molecular weight excluding hydrogens is 364 g/mol. The summed E-state index contributed by atoms with van der Waals surface area (Å²) in [5.74, 6) is -0.0716. The topological polar surface area (TPSA) is 88.3 Å². The number of piperidine rings is 1. The molecule has 0 bridgehead atoms. The van der Waals surface area contributed by atoms with E-state index in [2.05, 4.69) is 10.3 Å². The average Bonchev–Trinajstić information content (AvgIpc) is 2.70. The maximum atomic E-state index is 12.7. The van der Waals surface area contributed by atoms with Gasteiger partial charge in [0, 0.05) is 19.3 Å². The van der Waals surface area contributed by atoms with Crippen LogP contribution >= 0.6 is 11.6 Å². The van der Waals surface area contributed by atoms with Gasteiger partial charge in [0.05, 0.1) is 17.0 Å². The molecule has 1 aromatic heterocycles. The Morgan fingerprint density at radius 1 is 1.26 bits per heavy atom. The van der Waals surface area contributed by atoms with Gasteiger partial charge in [0.2, 0.25) is 11.8 Å². The standard InChI is InChI=1S/C20H23ClN4O2/c21-16-8-9-18(23-12-16)24-19(26)15-7-4-10-25(13-15)20(27)17(22)11-14-5-2-1-3-6-14/h1-3,5-6,8-9,12,15,17H,4,7,10-11,13,22H2,(H,23,24,26). The number of carbonyl (C=O) groups excluding carboxylic acids is 2. The molecule has 2 amide bonds. The van der Waals surface area contributed by atoms with Crippen LogP contribution in [0, 0.1) is 5.92 Å². The fourth-order valence-corrected chi connectivity index (χ4v) is 3.37. The number of nitrogens with two attached hydrogens (primary N) is 1. The largest absolute Gasteiger partial charge is 0.341 e. The molecule has 2 aromatic rings. The first-order valence-electron chi connectivity index (χ1n) is 9.03. The minimum Gasteiger partial charge on any atom is -0.341 e. The lowest BCUT2D eigenvalue weighted by molar-refractivity contribution is -0.135. The molecule has 27 heavy (non-hydrogen) atoms. The Bertz CT molecular complexity index is 782. The molecule has 0 aliphatic carbocycles. The first-order valence-corrected chi connectivity index (χ1v) is 9.41. The molecule has 3 rings (SSSR count). The summed E-state index contributed by atoms with van der Waals surface area (Å²) in [6, 6.07) is 12.4. The lowest BCUT2D eigenvalue weighted by Gasteiger charge is -2.33. The summed E-state index contributed by atoms with van der Waals surface area (Å²) in [5, 5.41) is 3.30. The van der Waals surface area contributed by atoms with E-state index in [0.717, 1.165) is 18.4 Å². The number of nitrogens with one attached hydrogen (secondary N) is 1. The normalized spacial score (nSPS) is 18.0. The molecule has 1 aliphatic heterocycles. The van der Waals surface area contributed by atoms with Crippen LogP contribution in [0.2, 0.25) is 5.02 Å². The molecule has 6 nitrogen and oxygen atoms in total. The SMILES string of the molecule is NC(Cc1ccccc1)C(=O)N1CCCC(C(=O)Nc2ccc(Cl)cn2)C1. The highest BCUT2D eigenvalue weighted by Gasteiger charge is 2.30. The van der Waals surface area contributed by atoms with E-state index in [4.69, 9.17) is 17.3 Å². The second-order valence-corrected chi connectivity index (χ2v) is 7.21. The summed E-state index contributed by atoms with van der Waals surface area (Å²) in [7, 11) is 0. The summed E-state index contributed by atoms with van der Waals surface area (Å²) >= 11 is 5.81. The number of halogens is 1. The Morgan fingerprint density at radius 2 is 2.04 bits per heavy atom. The monoisotopic (exact) mass is 386 g/mol. The number of hydrogen-bond acceptors (Lipinski definition) is 4. The quantitative estimate of drug-likeness (QED) is 0.826. The van der Waals surface area contributed by atoms with Crippen LogP contribution in [0.5, 0.6) is 0 Å². The van der Waals surface area contributed by atoms with Crippen molar-refractivity contribution in [3.8, 4) is 0 Å². The van der Waals surface area contributed by atoms with Crippen molar-refractivity contribution < 1.29 is 9.59 Å². The summed E-state index contributed by atoms with van der Waals surface area (Å²) < 4.78 is 0. The fourth-order valence-electron chi connectivity index (χ4n) is 3.26. The summed E-state index contributed by atoms with van der Waals surface area (Å²) in [6.07, 6.45) is 3.48. The lowest BCUT2D eigenvalue weighted by atomic mass is 9.96. The van der Waals surface area contributed by atoms with Gasteiger partial charge in [-0.1, -0.05) is 41.9 Å². The highest BCUT2D eigenvalue weighted by Crippen LogP contribution is 2.20. The third-order valence-electron chi connectivity index (χ3n) is 4.70. The van der Waals surface area contributed by atoms with Crippen LogP contribution in [0.1, 0.15) is 18.4 Å². The minimum absolute atomic E-state index is 0.110. The third-order valence-corrected chi connectivity index (χ3v) is 4.92. The van der Waals surface area contributed by atoms with Gasteiger partial charge < -0.3 is 16.0 Å². The molecule has 7 heteroatoms. The van der Waals surface area contributed by atoms with Gasteiger partial charge in [-0.15, -0.1) is 0 Å². The number of carbonyl (C=O) groups is 2. The van der Waals surface area contributed by atoms with Crippen LogP contribution in [-0.4, -0.2) is 40.8 Å². The maximum Gasteiger partial charge on any atom is 0.239 e. The molecule has 1 fully saturated rings. The molecule has 1 aromatic carbocycles. The molecule has 3 N–H and O–H groups in total. The number of anilines is 1. The highest BCUT2D eigenvalue weighted by molar-refractivity contribution is 6.30. The molecular formula is C20H23ClN4O2. The van der Waals surface area contributed by atoms with Gasteiger partial charge >= 0.3 is 0 Å². The van der Waals surface area contributed by atoms with Crippen molar-refractivity contribution in [2.24, 2.45) is 11.7 Å². The molecule has 142 valence electrons. The van der Waals surface area contributed by atoms with Crippen molar-refractivity contribution in [2.75, 3.05) is 18.4 Å². The molecule has 0 radical (unpaired) electrons. The van der Waals surface area contributed by atoms with E-state index in [1.807, 2.05) is 30.3 Å². The van der Waals surface area contributed by atoms with Gasteiger partial charge in [0.25, 0.3) is 0 Å². The van der Waals surface area contributed by atoms with E-state index in [1.54, 1.807) is 17.0 Å². The van der Waals surface area contributed by atoms with E-state index in [1.165, 1.54) is 6.20 Å². The lowest BCUT2D eigenvalue weighted by Crippen LogP contribution is -2.50. The highest BCUT2D eigenvalue weighted by atomic mass is 35.5. The molecule has 1 aliphatic rings. The minimum atomic E-state index is -0.604. The number of rotatable bonds is 5. The molecule has 2 heterocycles. The van der Waals surface area contributed by atoms with Gasteiger partial charge in [-0.2, -0.15) is 0 Å². The molecule has 0 spiro atoms. The predicted octanol–water partition coefficient (Wildman–Crippen LogP) is 2.48. The van der Waals surface area contributed by atoms with E-state index >= 15 is 0 Å². The van der Waals surface area contributed by atoms with Gasteiger partial charge in [-0.25, -0.2) is 4.98 Å². The van der Waals surface area contributed by atoms with Crippen LogP contribution in [0.3, 0.4) is 0 Å². The first-order chi connectivity index (χ1) is 13.0. The van der Waals surface area contributed by atoms with E-state index < -0.39 is 6.04 Å². The summed E-state index contributed by atoms with van der Waals surface area (Å²) in [5.41, 5.74) is 7.15. The number of benzene rings is 1. The smallest absolute Gasteiger partial charge is 0.239 e. The van der Waals surface area contributed by atoms with Crippen molar-refractivity contribution in [2.45, 2.75) is 25.3 Å². The zero-order chi connectivity index (χ0) is 19.2. The third kappa shape index (κ3) is 5.28. The number of hydrogen-bond donors (Lipinski definition) is 2. The van der Waals surface area contributed by atoms with Crippen LogP contribution in [-0.2, 0) is 16.0 Å². The predicted molar refractivity (Wildman–Crippen MR) is 105 cm³/mol. The zero-order valence-corrected chi connectivity index (χ0v) is 15.7. The number of pyridine rings is 1. The Morgan fingerprint density at radius 3 is 2.74 bits per heavy atom. The van der Waals surface area contributed by atoms with Gasteiger partial charge in [0.15, 0.2) is 0 Å². The molecule has 1 saturated heterocycles. The number of amides is 2. The van der Waals surface area contributed by atoms with E-state index in [-0.39, 0.29) is 17.7 Å². The van der Waals surface area contributed by atoms with E-state index in [0.29, 0.717) is 30.4 Å². The maximum absolute atomic E-state index is 12.7. The number of aromatic nitrogens is 1. The zero-order valence-electron chi connectivity index (χ0n) is 15.0. The second kappa shape index (κ2) is 8.97. The fraction of sp³-hybridized carbons (Fsp3) is 0.350. The Labute approximate surface area is 163 Å². The van der Waals surface area contributed by atoms with Gasteiger partial charge in [0.1, 0.15) is 5.82 Å². The van der Waals surface area contributed by atoms with E-state index in [9.17, 15) is 9.59 Å². The molecule has 0 saturated carbocycles. The van der Waals surface area contributed by atoms with Crippen LogP contribution in [0.15, 0.2) is 48.7 Å². The second-order valence-electron chi connectivity index (χ2n) is 6.77. The number of nitrogens with zero attached hydrogens (tertiary/aromatic N) is 2. The van der Waals surface area contributed by atoms with Crippen molar-refractivity contribution in [1.29, 1.82) is 0 Å². The molecule has 2 atom stereocenters. The van der Waals surface area contributed by atoms with Gasteiger partial charge in [-0.3, -0.25) is 9.59 Å².